The van der Waals surface area contributed by atoms with Crippen LogP contribution in [0.4, 0.5) is 5.82 Å². The average Bonchev–Trinajstić information content (AvgIpc) is 2.67. The first-order valence-electron chi connectivity index (χ1n) is 3.66. The van der Waals surface area contributed by atoms with Crippen LogP contribution in [0.25, 0.3) is 10.7 Å². The molecule has 1 radical (unpaired) electrons. The van der Waals surface area contributed by atoms with E-state index in [9.17, 15) is 0 Å². The average molecular weight is 361 g/mol. The van der Waals surface area contributed by atoms with Gasteiger partial charge in [-0.2, -0.15) is 0 Å². The summed E-state index contributed by atoms with van der Waals surface area (Å²) in [5.74, 6) is 1.07. The zero-order valence-corrected chi connectivity index (χ0v) is 9.40. The van der Waals surface area contributed by atoms with Crippen molar-refractivity contribution in [3.05, 3.63) is 48.3 Å². The summed E-state index contributed by atoms with van der Waals surface area (Å²) in [6.45, 7) is 6.87. The minimum atomic E-state index is 0. The van der Waals surface area contributed by atoms with Crippen LogP contribution < -0.4 is 0 Å². The van der Waals surface area contributed by atoms with Gasteiger partial charge >= 0.3 is 0 Å². The van der Waals surface area contributed by atoms with E-state index >= 15 is 0 Å². The smallest absolute Gasteiger partial charge is 0.266 e. The van der Waals surface area contributed by atoms with Gasteiger partial charge in [-0.15, -0.1) is 0 Å². The number of rotatable bonds is 1. The van der Waals surface area contributed by atoms with Gasteiger partial charge in [-0.1, -0.05) is 12.6 Å². The number of hydrogen-bond donors (Lipinski definition) is 0. The summed E-state index contributed by atoms with van der Waals surface area (Å²) in [6.07, 6.45) is 5.79. The third-order valence-corrected chi connectivity index (χ3v) is 1.56. The maximum absolute atomic E-state index is 6.87. The minimum Gasteiger partial charge on any atom is -0.328 e. The van der Waals surface area contributed by atoms with Crippen molar-refractivity contribution in [2.24, 2.45) is 0 Å². The van der Waals surface area contributed by atoms with Gasteiger partial charge in [0.1, 0.15) is 5.82 Å². The Labute approximate surface area is 94.8 Å². The molecule has 5 heteroatoms. The number of hydrogen-bond acceptors (Lipinski definition) is 2. The molecule has 0 aliphatic heterocycles. The van der Waals surface area contributed by atoms with Crippen LogP contribution in [0.3, 0.4) is 0 Å². The zero-order valence-electron chi connectivity index (χ0n) is 7.01. The van der Waals surface area contributed by atoms with Crippen LogP contribution in [0.5, 0.6) is 0 Å². The van der Waals surface area contributed by atoms with E-state index in [4.69, 9.17) is 6.57 Å². The molecule has 0 bridgehead atoms. The molecule has 0 N–H and O–H groups in total. The van der Waals surface area contributed by atoms with Crippen LogP contribution in [0.1, 0.15) is 0 Å². The van der Waals surface area contributed by atoms with Gasteiger partial charge in [0.15, 0.2) is 6.33 Å². The molecule has 0 unspecified atom stereocenters. The Morgan fingerprint density at radius 3 is 2.93 bits per heavy atom. The molecule has 2 rings (SSSR count). The molecule has 2 aromatic heterocycles. The summed E-state index contributed by atoms with van der Waals surface area (Å²) in [6, 6.07) is 5.47. The van der Waals surface area contributed by atoms with Crippen molar-refractivity contribution in [3.8, 4) is 5.82 Å². The van der Waals surface area contributed by atoms with Gasteiger partial charge in [0.2, 0.25) is 0 Å². The third-order valence-electron chi connectivity index (χ3n) is 1.56. The first-order valence-corrected chi connectivity index (χ1v) is 3.66. The van der Waals surface area contributed by atoms with E-state index < -0.39 is 0 Å². The molecule has 0 fully saturated rings. The summed E-state index contributed by atoms with van der Waals surface area (Å²) in [5.41, 5.74) is 0. The molecule has 71 valence electrons. The Morgan fingerprint density at radius 2 is 2.29 bits per heavy atom. The molecule has 0 saturated carbocycles. The predicted octanol–water partition coefficient (Wildman–Crippen LogP) is 1.62. The van der Waals surface area contributed by atoms with Crippen molar-refractivity contribution in [3.63, 3.8) is 0 Å². The number of aromatic nitrogens is 3. The predicted molar refractivity (Wildman–Crippen MR) is 46.5 cm³/mol. The summed E-state index contributed by atoms with van der Waals surface area (Å²) in [5, 5.41) is 0. The van der Waals surface area contributed by atoms with Crippen LogP contribution in [0.15, 0.2) is 30.6 Å². The van der Waals surface area contributed by atoms with E-state index in [-0.39, 0.29) is 20.1 Å². The molecule has 0 spiro atoms. The summed E-state index contributed by atoms with van der Waals surface area (Å²) >= 11 is 0. The zero-order chi connectivity index (χ0) is 9.10. The second-order valence-electron chi connectivity index (χ2n) is 2.35. The SMILES string of the molecule is [C-]#[N+]c1cn[c-]n1-c1ccccn1.[Ir]. The second-order valence-corrected chi connectivity index (χ2v) is 2.35. The number of pyridine rings is 1. The first kappa shape index (κ1) is 10.6. The molecule has 0 saturated heterocycles. The molecular weight excluding hydrogens is 356 g/mol. The molecule has 0 aliphatic rings. The minimum absolute atomic E-state index is 0. The van der Waals surface area contributed by atoms with E-state index in [1.54, 1.807) is 12.3 Å². The van der Waals surface area contributed by atoms with Crippen molar-refractivity contribution >= 4 is 5.82 Å². The largest absolute Gasteiger partial charge is 0.328 e. The molecule has 2 heterocycles. The van der Waals surface area contributed by atoms with Gasteiger partial charge in [0, 0.05) is 32.5 Å². The molecule has 0 atom stereocenters. The molecule has 0 amide bonds. The number of nitrogens with zero attached hydrogens (tertiary/aromatic N) is 4. The summed E-state index contributed by atoms with van der Waals surface area (Å²) in [7, 11) is 0. The monoisotopic (exact) mass is 362 g/mol. The van der Waals surface area contributed by atoms with Gasteiger partial charge in [0.05, 0.1) is 0 Å². The van der Waals surface area contributed by atoms with E-state index in [0.29, 0.717) is 11.6 Å². The molecule has 0 aliphatic carbocycles. The Morgan fingerprint density at radius 1 is 1.43 bits per heavy atom. The molecular formula is C9H5IrN4-. The van der Waals surface area contributed by atoms with Gasteiger partial charge < -0.3 is 9.83 Å². The van der Waals surface area contributed by atoms with Crippen molar-refractivity contribution in [2.75, 3.05) is 0 Å². The van der Waals surface area contributed by atoms with E-state index in [0.717, 1.165) is 0 Å². The van der Waals surface area contributed by atoms with Crippen LogP contribution in [-0.2, 0) is 20.1 Å². The Hall–Kier alpha value is -1.50. The maximum atomic E-state index is 6.87. The fraction of sp³-hybridized carbons (Fsp3) is 0. The Bertz CT molecular complexity index is 443. The quantitative estimate of drug-likeness (QED) is 0.724. The molecule has 0 aromatic carbocycles. The van der Waals surface area contributed by atoms with Crippen LogP contribution in [-0.4, -0.2) is 14.5 Å². The first-order chi connectivity index (χ1) is 6.42. The fourth-order valence-corrected chi connectivity index (χ4v) is 0.987. The second kappa shape index (κ2) is 4.66. The van der Waals surface area contributed by atoms with E-state index in [1.165, 1.54) is 10.8 Å². The topological polar surface area (TPSA) is 35.1 Å². The van der Waals surface area contributed by atoms with Gasteiger partial charge in [-0.25, -0.2) is 0 Å². The van der Waals surface area contributed by atoms with Crippen molar-refractivity contribution < 1.29 is 20.1 Å². The van der Waals surface area contributed by atoms with Crippen molar-refractivity contribution in [2.45, 2.75) is 0 Å². The van der Waals surface area contributed by atoms with Crippen LogP contribution >= 0.6 is 0 Å². The van der Waals surface area contributed by atoms with Crippen molar-refractivity contribution in [1.29, 1.82) is 0 Å². The van der Waals surface area contributed by atoms with E-state index in [2.05, 4.69) is 21.1 Å². The van der Waals surface area contributed by atoms with Gasteiger partial charge in [-0.3, -0.25) is 9.55 Å². The van der Waals surface area contributed by atoms with Crippen LogP contribution in [0, 0.1) is 12.9 Å². The standard InChI is InChI=1S/C9H5N4.Ir/c1-10-9-6-11-7-13(9)8-4-2-3-5-12-8;/h2-6H;/q-1;. The summed E-state index contributed by atoms with van der Waals surface area (Å²) in [4.78, 5) is 11.1. The Balaban J connectivity index is 0.000000980. The van der Waals surface area contributed by atoms with Gasteiger partial charge in [0.25, 0.3) is 5.82 Å². The fourth-order valence-electron chi connectivity index (χ4n) is 0.987. The molecule has 14 heavy (non-hydrogen) atoms. The third kappa shape index (κ3) is 1.87. The number of imidazole rings is 1. The summed E-state index contributed by atoms with van der Waals surface area (Å²) < 4.78 is 1.52. The molecule has 4 nitrogen and oxygen atoms in total. The van der Waals surface area contributed by atoms with Gasteiger partial charge in [-0.05, 0) is 12.1 Å². The van der Waals surface area contributed by atoms with Crippen LogP contribution in [0.2, 0.25) is 0 Å². The van der Waals surface area contributed by atoms with Crippen molar-refractivity contribution in [1.82, 2.24) is 14.5 Å². The normalized spacial score (nSPS) is 8.79. The molecule has 2 aromatic rings. The Kier molecular flexibility index (Phi) is 3.52. The van der Waals surface area contributed by atoms with E-state index in [1.807, 2.05) is 12.1 Å². The maximum Gasteiger partial charge on any atom is 0.266 e.